The normalized spacial score (nSPS) is 11.0. The number of amides is 1. The Hall–Kier alpha value is -1.14. The van der Waals surface area contributed by atoms with Crippen LogP contribution in [0.2, 0.25) is 5.02 Å². The summed E-state index contributed by atoms with van der Waals surface area (Å²) >= 11 is 9.51. The molecule has 2 N–H and O–H groups in total. The van der Waals surface area contributed by atoms with Gasteiger partial charge in [0.15, 0.2) is 5.75 Å². The zero-order valence-electron chi connectivity index (χ0n) is 14.0. The van der Waals surface area contributed by atoms with Crippen LogP contribution in [0, 0.1) is 0 Å². The molecule has 23 heavy (non-hydrogen) atoms. The maximum absolute atomic E-state index is 11.5. The van der Waals surface area contributed by atoms with Crippen LogP contribution in [0.4, 0.5) is 10.5 Å². The van der Waals surface area contributed by atoms with Gasteiger partial charge in [-0.1, -0.05) is 11.6 Å². The Morgan fingerprint density at radius 1 is 1.30 bits per heavy atom. The number of nitrogens with one attached hydrogen (secondary N) is 2. The van der Waals surface area contributed by atoms with Crippen LogP contribution in [-0.4, -0.2) is 31.4 Å². The fourth-order valence-electron chi connectivity index (χ4n) is 1.80. The van der Waals surface area contributed by atoms with Crippen LogP contribution in [0.5, 0.6) is 5.75 Å². The molecule has 0 aliphatic rings. The maximum Gasteiger partial charge on any atom is 0.407 e. The molecule has 0 aliphatic carbocycles. The molecule has 0 aliphatic heterocycles. The van der Waals surface area contributed by atoms with Crippen molar-refractivity contribution >= 4 is 39.3 Å². The van der Waals surface area contributed by atoms with Gasteiger partial charge in [0.2, 0.25) is 0 Å². The van der Waals surface area contributed by atoms with E-state index in [1.807, 2.05) is 33.8 Å². The summed E-state index contributed by atoms with van der Waals surface area (Å²) < 4.78 is 11.6. The Kier molecular flexibility index (Phi) is 7.99. The predicted octanol–water partition coefficient (Wildman–Crippen LogP) is 4.83. The Morgan fingerprint density at radius 2 is 2.00 bits per heavy atom. The largest absolute Gasteiger partial charge is 0.491 e. The molecule has 0 heterocycles. The number of hydrogen-bond donors (Lipinski definition) is 2. The van der Waals surface area contributed by atoms with E-state index in [1.54, 1.807) is 6.07 Å². The van der Waals surface area contributed by atoms with Crippen molar-refractivity contribution in [2.75, 3.05) is 25.0 Å². The maximum atomic E-state index is 11.5. The van der Waals surface area contributed by atoms with Gasteiger partial charge in [-0.15, -0.1) is 0 Å². The quantitative estimate of drug-likeness (QED) is 0.636. The molecule has 1 aromatic carbocycles. The minimum absolute atomic E-state index is 0.405. The lowest BCUT2D eigenvalue weighted by atomic mass is 10.2. The molecule has 0 saturated carbocycles. The SMILES string of the molecule is CCOc1c(Br)cc(Cl)cc1NCCCNC(=O)OC(C)(C)C. The lowest BCUT2D eigenvalue weighted by molar-refractivity contribution is 0.0528. The van der Waals surface area contributed by atoms with Crippen molar-refractivity contribution < 1.29 is 14.3 Å². The van der Waals surface area contributed by atoms with Crippen LogP contribution < -0.4 is 15.4 Å². The second-order valence-corrected chi connectivity index (χ2v) is 7.20. The fraction of sp³-hybridized carbons (Fsp3) is 0.562. The minimum Gasteiger partial charge on any atom is -0.491 e. The Bertz CT molecular complexity index is 533. The lowest BCUT2D eigenvalue weighted by Crippen LogP contribution is -2.33. The van der Waals surface area contributed by atoms with E-state index < -0.39 is 11.7 Å². The van der Waals surface area contributed by atoms with E-state index in [0.717, 1.165) is 22.3 Å². The van der Waals surface area contributed by atoms with Crippen LogP contribution in [-0.2, 0) is 4.74 Å². The molecule has 1 amide bonds. The molecular formula is C16H24BrClN2O3. The van der Waals surface area contributed by atoms with Crippen LogP contribution in [0.3, 0.4) is 0 Å². The highest BCUT2D eigenvalue weighted by atomic mass is 79.9. The average molecular weight is 408 g/mol. The molecule has 0 aromatic heterocycles. The standard InChI is InChI=1S/C16H24BrClN2O3/c1-5-22-14-12(17)9-11(18)10-13(14)19-7-6-8-20-15(21)23-16(2,3)4/h9-10,19H,5-8H2,1-4H3,(H,20,21). The van der Waals surface area contributed by atoms with Crippen LogP contribution >= 0.6 is 27.5 Å². The van der Waals surface area contributed by atoms with Crippen molar-refractivity contribution in [1.82, 2.24) is 5.32 Å². The van der Waals surface area contributed by atoms with Gasteiger partial charge >= 0.3 is 6.09 Å². The van der Waals surface area contributed by atoms with Gasteiger partial charge in [0.1, 0.15) is 5.60 Å². The van der Waals surface area contributed by atoms with Crippen molar-refractivity contribution in [3.63, 3.8) is 0 Å². The third-order valence-corrected chi connectivity index (χ3v) is 3.44. The molecule has 0 radical (unpaired) electrons. The molecule has 5 nitrogen and oxygen atoms in total. The first-order valence-electron chi connectivity index (χ1n) is 7.55. The molecule has 0 unspecified atom stereocenters. The number of ether oxygens (including phenoxy) is 2. The summed E-state index contributed by atoms with van der Waals surface area (Å²) in [6.45, 7) is 9.18. The molecule has 7 heteroatoms. The molecule has 0 bridgehead atoms. The van der Waals surface area contributed by atoms with Crippen LogP contribution in [0.25, 0.3) is 0 Å². The summed E-state index contributed by atoms with van der Waals surface area (Å²) in [4.78, 5) is 11.5. The first-order chi connectivity index (χ1) is 10.7. The van der Waals surface area contributed by atoms with Crippen molar-refractivity contribution in [2.45, 2.75) is 39.7 Å². The van der Waals surface area contributed by atoms with Gasteiger partial charge < -0.3 is 20.1 Å². The first kappa shape index (κ1) is 19.9. The number of benzene rings is 1. The summed E-state index contributed by atoms with van der Waals surface area (Å²) in [5.41, 5.74) is 0.338. The first-order valence-corrected chi connectivity index (χ1v) is 8.72. The van der Waals surface area contributed by atoms with E-state index >= 15 is 0 Å². The van der Waals surface area contributed by atoms with Gasteiger partial charge in [-0.05, 0) is 62.2 Å². The zero-order chi connectivity index (χ0) is 17.5. The van der Waals surface area contributed by atoms with E-state index in [4.69, 9.17) is 21.1 Å². The Labute approximate surface area is 151 Å². The lowest BCUT2D eigenvalue weighted by Gasteiger charge is -2.19. The molecule has 0 fully saturated rings. The van der Waals surface area contributed by atoms with E-state index in [9.17, 15) is 4.79 Å². The van der Waals surface area contributed by atoms with Gasteiger partial charge in [0.25, 0.3) is 0 Å². The summed E-state index contributed by atoms with van der Waals surface area (Å²) in [6, 6.07) is 3.61. The summed E-state index contributed by atoms with van der Waals surface area (Å²) in [5, 5.41) is 6.61. The third-order valence-electron chi connectivity index (χ3n) is 2.63. The molecule has 1 aromatic rings. The van der Waals surface area contributed by atoms with E-state index in [-0.39, 0.29) is 0 Å². The molecule has 0 saturated heterocycles. The summed E-state index contributed by atoms with van der Waals surface area (Å²) in [5.74, 6) is 0.733. The van der Waals surface area contributed by atoms with Gasteiger partial charge in [0, 0.05) is 18.1 Å². The fourth-order valence-corrected chi connectivity index (χ4v) is 2.72. The number of rotatable bonds is 7. The predicted molar refractivity (Wildman–Crippen MR) is 97.7 cm³/mol. The molecule has 130 valence electrons. The molecular weight excluding hydrogens is 384 g/mol. The van der Waals surface area contributed by atoms with Gasteiger partial charge in [-0.3, -0.25) is 0 Å². The second kappa shape index (κ2) is 9.23. The number of hydrogen-bond acceptors (Lipinski definition) is 4. The smallest absolute Gasteiger partial charge is 0.407 e. The average Bonchev–Trinajstić information content (AvgIpc) is 2.40. The summed E-state index contributed by atoms with van der Waals surface area (Å²) in [7, 11) is 0. The number of carbonyl (C=O) groups excluding carboxylic acids is 1. The van der Waals surface area contributed by atoms with Crippen LogP contribution in [0.1, 0.15) is 34.1 Å². The zero-order valence-corrected chi connectivity index (χ0v) is 16.3. The Balaban J connectivity index is 2.43. The number of alkyl carbamates (subject to hydrolysis) is 1. The van der Waals surface area contributed by atoms with Crippen LogP contribution in [0.15, 0.2) is 16.6 Å². The number of anilines is 1. The van der Waals surface area contributed by atoms with Crippen molar-refractivity contribution in [1.29, 1.82) is 0 Å². The number of carbonyl (C=O) groups is 1. The molecule has 0 atom stereocenters. The van der Waals surface area contributed by atoms with Gasteiger partial charge in [-0.2, -0.15) is 0 Å². The van der Waals surface area contributed by atoms with Gasteiger partial charge in [-0.25, -0.2) is 4.79 Å². The van der Waals surface area contributed by atoms with Crippen molar-refractivity contribution in [2.24, 2.45) is 0 Å². The highest BCUT2D eigenvalue weighted by Crippen LogP contribution is 2.36. The van der Waals surface area contributed by atoms with E-state index in [1.165, 1.54) is 0 Å². The molecule has 1 rings (SSSR count). The highest BCUT2D eigenvalue weighted by molar-refractivity contribution is 9.10. The topological polar surface area (TPSA) is 59.6 Å². The van der Waals surface area contributed by atoms with E-state index in [2.05, 4.69) is 26.6 Å². The number of halogens is 2. The summed E-state index contributed by atoms with van der Waals surface area (Å²) in [6.07, 6.45) is 0.340. The van der Waals surface area contributed by atoms with Gasteiger partial charge in [0.05, 0.1) is 16.8 Å². The highest BCUT2D eigenvalue weighted by Gasteiger charge is 2.15. The third kappa shape index (κ3) is 7.79. The second-order valence-electron chi connectivity index (χ2n) is 5.91. The molecule has 0 spiro atoms. The van der Waals surface area contributed by atoms with E-state index in [0.29, 0.717) is 24.7 Å². The Morgan fingerprint density at radius 3 is 2.61 bits per heavy atom. The minimum atomic E-state index is -0.484. The van der Waals surface area contributed by atoms with Crippen molar-refractivity contribution in [3.8, 4) is 5.75 Å². The van der Waals surface area contributed by atoms with Crippen molar-refractivity contribution in [3.05, 3.63) is 21.6 Å². The monoisotopic (exact) mass is 406 g/mol.